The fraction of sp³-hybridized carbons (Fsp3) is 0.360. The molecule has 3 aliphatic rings. The van der Waals surface area contributed by atoms with Gasteiger partial charge in [-0.25, -0.2) is 4.79 Å². The zero-order valence-corrected chi connectivity index (χ0v) is 19.0. The van der Waals surface area contributed by atoms with Crippen LogP contribution in [0.3, 0.4) is 0 Å². The van der Waals surface area contributed by atoms with E-state index in [-0.39, 0.29) is 42.8 Å². The van der Waals surface area contributed by atoms with Gasteiger partial charge in [0.05, 0.1) is 30.3 Å². The molecular weight excluding hydrogens is 438 g/mol. The second-order valence-corrected chi connectivity index (χ2v) is 8.91. The Balaban J connectivity index is 1.37. The Morgan fingerprint density at radius 3 is 2.12 bits per heavy atom. The van der Waals surface area contributed by atoms with Crippen LogP contribution in [-0.2, 0) is 14.3 Å². The van der Waals surface area contributed by atoms with Crippen LogP contribution in [0.25, 0.3) is 0 Å². The number of benzene rings is 2. The monoisotopic (exact) mass is 463 g/mol. The van der Waals surface area contributed by atoms with E-state index in [0.717, 1.165) is 10.6 Å². The van der Waals surface area contributed by atoms with Crippen LogP contribution in [-0.4, -0.2) is 67.2 Å². The van der Waals surface area contributed by atoms with Crippen molar-refractivity contribution in [1.82, 2.24) is 4.90 Å². The molecule has 0 aliphatic carbocycles. The largest absolute Gasteiger partial charge is 0.442 e. The summed E-state index contributed by atoms with van der Waals surface area (Å²) in [6.07, 6.45) is -1.20. The highest BCUT2D eigenvalue weighted by Gasteiger charge is 2.47. The van der Waals surface area contributed by atoms with E-state index in [0.29, 0.717) is 30.0 Å². The Morgan fingerprint density at radius 2 is 1.53 bits per heavy atom. The molecule has 176 valence electrons. The number of hydrogen-bond acceptors (Lipinski definition) is 6. The number of ether oxygens (including phenoxy) is 2. The molecule has 2 aromatic carbocycles. The molecule has 2 aromatic rings. The maximum Gasteiger partial charge on any atom is 0.415 e. The van der Waals surface area contributed by atoms with Crippen LogP contribution >= 0.6 is 0 Å². The van der Waals surface area contributed by atoms with Crippen LogP contribution in [0.4, 0.5) is 16.2 Å². The number of hydrogen-bond donors (Lipinski definition) is 0. The Labute approximate surface area is 196 Å². The molecule has 2 unspecified atom stereocenters. The van der Waals surface area contributed by atoms with Crippen LogP contribution in [0.1, 0.15) is 34.6 Å². The third-order valence-electron chi connectivity index (χ3n) is 6.48. The van der Waals surface area contributed by atoms with Crippen LogP contribution < -0.4 is 9.80 Å². The predicted molar refractivity (Wildman–Crippen MR) is 123 cm³/mol. The van der Waals surface area contributed by atoms with E-state index in [1.165, 1.54) is 0 Å². The lowest BCUT2D eigenvalue weighted by atomic mass is 9.96. The third-order valence-corrected chi connectivity index (χ3v) is 6.48. The molecule has 9 heteroatoms. The van der Waals surface area contributed by atoms with Crippen molar-refractivity contribution in [3.05, 3.63) is 59.7 Å². The summed E-state index contributed by atoms with van der Waals surface area (Å²) in [5.74, 6) is -0.873. The Hall–Kier alpha value is -3.72. The van der Waals surface area contributed by atoms with Crippen LogP contribution in [0.15, 0.2) is 48.5 Å². The van der Waals surface area contributed by atoms with Gasteiger partial charge < -0.3 is 14.4 Å². The average Bonchev–Trinajstić information content (AvgIpc) is 3.29. The molecule has 4 amide bonds. The SMILES string of the molecule is CC(C)C1C(CN2C(=O)c3ccccc3C2=O)OC(=O)N1c1ccc(N2CCOCC2=O)cc1. The van der Waals surface area contributed by atoms with Crippen molar-refractivity contribution in [2.75, 3.05) is 36.1 Å². The van der Waals surface area contributed by atoms with Crippen molar-refractivity contribution in [1.29, 1.82) is 0 Å². The highest BCUT2D eigenvalue weighted by molar-refractivity contribution is 6.21. The standard InChI is InChI=1S/C25H25N3O6/c1-15(2)22-20(13-27-23(30)18-5-3-4-6-19(18)24(27)31)34-25(32)28(22)17-9-7-16(8-10-17)26-11-12-33-14-21(26)29/h3-10,15,20,22H,11-14H2,1-2H3. The van der Waals surface area contributed by atoms with Crippen molar-refractivity contribution in [3.8, 4) is 0 Å². The van der Waals surface area contributed by atoms with Gasteiger partial charge in [0.1, 0.15) is 12.7 Å². The summed E-state index contributed by atoms with van der Waals surface area (Å²) < 4.78 is 10.9. The first kappa shape index (κ1) is 22.1. The molecule has 5 rings (SSSR count). The van der Waals surface area contributed by atoms with Gasteiger partial charge in [0.2, 0.25) is 0 Å². The number of nitrogens with zero attached hydrogens (tertiary/aromatic N) is 3. The van der Waals surface area contributed by atoms with Crippen molar-refractivity contribution in [2.24, 2.45) is 5.92 Å². The second-order valence-electron chi connectivity index (χ2n) is 8.91. The van der Waals surface area contributed by atoms with Gasteiger partial charge in [0.25, 0.3) is 17.7 Å². The first-order valence-electron chi connectivity index (χ1n) is 11.3. The molecule has 0 spiro atoms. The van der Waals surface area contributed by atoms with E-state index in [1.54, 1.807) is 58.3 Å². The van der Waals surface area contributed by atoms with Gasteiger partial charge >= 0.3 is 6.09 Å². The van der Waals surface area contributed by atoms with E-state index in [2.05, 4.69) is 0 Å². The predicted octanol–water partition coefficient (Wildman–Crippen LogP) is 2.70. The van der Waals surface area contributed by atoms with Gasteiger partial charge in [-0.05, 0) is 42.3 Å². The van der Waals surface area contributed by atoms with E-state index in [4.69, 9.17) is 9.47 Å². The molecule has 0 radical (unpaired) electrons. The number of amides is 4. The Kier molecular flexibility index (Phi) is 5.57. The topological polar surface area (TPSA) is 96.5 Å². The Morgan fingerprint density at radius 1 is 0.912 bits per heavy atom. The second kappa shape index (κ2) is 8.57. The summed E-state index contributed by atoms with van der Waals surface area (Å²) in [5, 5.41) is 0. The van der Waals surface area contributed by atoms with E-state index in [9.17, 15) is 19.2 Å². The van der Waals surface area contributed by atoms with Gasteiger partial charge in [0, 0.05) is 17.9 Å². The summed E-state index contributed by atoms with van der Waals surface area (Å²) in [5.41, 5.74) is 2.08. The van der Waals surface area contributed by atoms with Gasteiger partial charge in [-0.2, -0.15) is 0 Å². The molecule has 0 aromatic heterocycles. The number of rotatable bonds is 5. The fourth-order valence-corrected chi connectivity index (χ4v) is 4.86. The number of carbonyl (C=O) groups excluding carboxylic acids is 4. The smallest absolute Gasteiger partial charge is 0.415 e. The summed E-state index contributed by atoms with van der Waals surface area (Å²) in [6, 6.07) is 13.4. The highest BCUT2D eigenvalue weighted by atomic mass is 16.6. The number of morpholine rings is 1. The normalized spacial score (nSPS) is 22.6. The fourth-order valence-electron chi connectivity index (χ4n) is 4.86. The number of cyclic esters (lactones) is 1. The number of imide groups is 1. The first-order chi connectivity index (χ1) is 16.4. The first-order valence-corrected chi connectivity index (χ1v) is 11.3. The van der Waals surface area contributed by atoms with Crippen LogP contribution in [0.2, 0.25) is 0 Å². The quantitative estimate of drug-likeness (QED) is 0.633. The van der Waals surface area contributed by atoms with Crippen LogP contribution in [0, 0.1) is 5.92 Å². The molecule has 3 heterocycles. The minimum Gasteiger partial charge on any atom is -0.442 e. The van der Waals surface area contributed by atoms with Crippen molar-refractivity contribution in [3.63, 3.8) is 0 Å². The maximum absolute atomic E-state index is 12.9. The zero-order valence-electron chi connectivity index (χ0n) is 19.0. The lowest BCUT2D eigenvalue weighted by Gasteiger charge is -2.30. The summed E-state index contributed by atoms with van der Waals surface area (Å²) in [4.78, 5) is 55.1. The lowest BCUT2D eigenvalue weighted by molar-refractivity contribution is -0.125. The molecule has 0 bridgehead atoms. The van der Waals surface area contributed by atoms with Crippen molar-refractivity contribution < 1.29 is 28.7 Å². The molecule has 0 saturated carbocycles. The third kappa shape index (κ3) is 3.62. The van der Waals surface area contributed by atoms with Crippen molar-refractivity contribution >= 4 is 35.2 Å². The molecule has 0 N–H and O–H groups in total. The zero-order chi connectivity index (χ0) is 24.0. The number of anilines is 2. The van der Waals surface area contributed by atoms with E-state index < -0.39 is 12.2 Å². The molecule has 34 heavy (non-hydrogen) atoms. The minimum atomic E-state index is -0.671. The van der Waals surface area contributed by atoms with Gasteiger partial charge in [0.15, 0.2) is 0 Å². The molecule has 2 fully saturated rings. The maximum atomic E-state index is 12.9. The van der Waals surface area contributed by atoms with E-state index >= 15 is 0 Å². The molecule has 3 aliphatic heterocycles. The van der Waals surface area contributed by atoms with Gasteiger partial charge in [-0.1, -0.05) is 26.0 Å². The highest BCUT2D eigenvalue weighted by Crippen LogP contribution is 2.34. The molecule has 9 nitrogen and oxygen atoms in total. The summed E-state index contributed by atoms with van der Waals surface area (Å²) in [7, 11) is 0. The summed E-state index contributed by atoms with van der Waals surface area (Å²) in [6.45, 7) is 4.92. The van der Waals surface area contributed by atoms with Crippen molar-refractivity contribution in [2.45, 2.75) is 26.0 Å². The number of carbonyl (C=O) groups is 4. The lowest BCUT2D eigenvalue weighted by Crippen LogP contribution is -2.46. The molecule has 2 atom stereocenters. The molecular formula is C25H25N3O6. The summed E-state index contributed by atoms with van der Waals surface area (Å²) >= 11 is 0. The Bertz CT molecular complexity index is 1130. The van der Waals surface area contributed by atoms with Crippen LogP contribution in [0.5, 0.6) is 0 Å². The molecule has 2 saturated heterocycles. The van der Waals surface area contributed by atoms with E-state index in [1.807, 2.05) is 13.8 Å². The van der Waals surface area contributed by atoms with Gasteiger partial charge in [-0.3, -0.25) is 24.2 Å². The number of fused-ring (bicyclic) bond motifs is 1. The van der Waals surface area contributed by atoms with Gasteiger partial charge in [-0.15, -0.1) is 0 Å². The minimum absolute atomic E-state index is 0.00729. The average molecular weight is 463 g/mol.